The van der Waals surface area contributed by atoms with Crippen LogP contribution in [0.4, 0.5) is 0 Å². The summed E-state index contributed by atoms with van der Waals surface area (Å²) in [6.07, 6.45) is 3.00. The topological polar surface area (TPSA) is 27.1 Å². The second-order valence-electron chi connectivity index (χ2n) is 6.29. The highest BCUT2D eigenvalue weighted by Crippen LogP contribution is 2.21. The van der Waals surface area contributed by atoms with Gasteiger partial charge in [0.1, 0.15) is 11.6 Å². The number of rotatable bonds is 8. The normalized spacial score (nSPS) is 11.1. The van der Waals surface area contributed by atoms with Gasteiger partial charge in [0.25, 0.3) is 0 Å². The molecule has 0 unspecified atom stereocenters. The van der Waals surface area contributed by atoms with Crippen LogP contribution in [0.2, 0.25) is 0 Å². The maximum Gasteiger partial charge on any atom is 0.119 e. The molecule has 0 radical (unpaired) electrons. The van der Waals surface area contributed by atoms with Gasteiger partial charge < -0.3 is 9.30 Å². The number of hydrogen-bond donors (Lipinski definition) is 0. The maximum absolute atomic E-state index is 5.81. The third kappa shape index (κ3) is 3.97. The van der Waals surface area contributed by atoms with Crippen LogP contribution in [-0.4, -0.2) is 16.2 Å². The van der Waals surface area contributed by atoms with E-state index in [1.54, 1.807) is 11.3 Å². The van der Waals surface area contributed by atoms with Crippen LogP contribution in [0.3, 0.4) is 0 Å². The summed E-state index contributed by atoms with van der Waals surface area (Å²) in [5, 5.41) is 2.13. The maximum atomic E-state index is 5.81. The zero-order valence-electron chi connectivity index (χ0n) is 14.7. The van der Waals surface area contributed by atoms with E-state index in [9.17, 15) is 0 Å². The van der Waals surface area contributed by atoms with E-state index < -0.39 is 0 Å². The monoisotopic (exact) mass is 362 g/mol. The van der Waals surface area contributed by atoms with Crippen molar-refractivity contribution in [1.29, 1.82) is 0 Å². The van der Waals surface area contributed by atoms with Crippen molar-refractivity contribution < 1.29 is 4.74 Å². The second kappa shape index (κ2) is 8.19. The first-order chi connectivity index (χ1) is 12.9. The molecule has 0 N–H and O–H groups in total. The Balaban J connectivity index is 1.41. The van der Waals surface area contributed by atoms with Gasteiger partial charge >= 0.3 is 0 Å². The molecule has 0 bridgehead atoms. The number of nitrogens with zero attached hydrogens (tertiary/aromatic N) is 2. The largest absolute Gasteiger partial charge is 0.494 e. The van der Waals surface area contributed by atoms with Crippen molar-refractivity contribution in [2.24, 2.45) is 0 Å². The van der Waals surface area contributed by atoms with Gasteiger partial charge in [0.05, 0.1) is 17.6 Å². The summed E-state index contributed by atoms with van der Waals surface area (Å²) in [6.45, 7) is 1.72. The summed E-state index contributed by atoms with van der Waals surface area (Å²) in [6, 6.07) is 22.7. The first-order valence-electron chi connectivity index (χ1n) is 9.04. The van der Waals surface area contributed by atoms with Gasteiger partial charge in [-0.3, -0.25) is 0 Å². The Morgan fingerprint density at radius 1 is 0.885 bits per heavy atom. The Bertz CT molecular complexity index is 945. The molecular weight excluding hydrogens is 340 g/mol. The third-order valence-electron chi connectivity index (χ3n) is 4.43. The number of benzene rings is 2. The van der Waals surface area contributed by atoms with Crippen LogP contribution in [0.25, 0.3) is 11.0 Å². The molecule has 4 rings (SSSR count). The number of imidazole rings is 1. The van der Waals surface area contributed by atoms with Gasteiger partial charge in [-0.1, -0.05) is 36.4 Å². The van der Waals surface area contributed by atoms with Gasteiger partial charge in [-0.05, 0) is 48.6 Å². The Kier molecular flexibility index (Phi) is 5.31. The van der Waals surface area contributed by atoms with E-state index in [-0.39, 0.29) is 0 Å². The summed E-state index contributed by atoms with van der Waals surface area (Å²) < 4.78 is 8.18. The molecule has 0 aliphatic carbocycles. The average Bonchev–Trinajstić information content (AvgIpc) is 3.31. The summed E-state index contributed by atoms with van der Waals surface area (Å²) in [5.74, 6) is 2.09. The molecule has 0 aliphatic heterocycles. The lowest BCUT2D eigenvalue weighted by Crippen LogP contribution is -2.06. The highest BCUT2D eigenvalue weighted by molar-refractivity contribution is 7.09. The molecule has 0 aliphatic rings. The highest BCUT2D eigenvalue weighted by Gasteiger charge is 2.11. The van der Waals surface area contributed by atoms with Gasteiger partial charge in [-0.15, -0.1) is 11.3 Å². The second-order valence-corrected chi connectivity index (χ2v) is 7.33. The van der Waals surface area contributed by atoms with Crippen LogP contribution in [0, 0.1) is 0 Å². The molecule has 4 aromatic rings. The van der Waals surface area contributed by atoms with Gasteiger partial charge in [-0.2, -0.15) is 0 Å². The molecule has 132 valence electrons. The van der Waals surface area contributed by atoms with E-state index in [1.807, 2.05) is 30.3 Å². The van der Waals surface area contributed by atoms with Crippen molar-refractivity contribution in [2.45, 2.75) is 25.8 Å². The molecule has 2 aromatic heterocycles. The first-order valence-corrected chi connectivity index (χ1v) is 9.92. The van der Waals surface area contributed by atoms with Crippen LogP contribution in [0.1, 0.15) is 23.5 Å². The molecule has 0 spiro atoms. The minimum absolute atomic E-state index is 0.747. The lowest BCUT2D eigenvalue weighted by Gasteiger charge is -2.10. The van der Waals surface area contributed by atoms with Crippen LogP contribution in [0.5, 0.6) is 5.75 Å². The SMILES string of the molecule is c1ccc(OCCCCn2c(Cc3cccs3)nc3ccccc32)cc1. The Labute approximate surface area is 157 Å². The summed E-state index contributed by atoms with van der Waals surface area (Å²) in [4.78, 5) is 6.23. The van der Waals surface area contributed by atoms with Gasteiger partial charge in [0, 0.05) is 17.8 Å². The Morgan fingerprint density at radius 3 is 2.58 bits per heavy atom. The van der Waals surface area contributed by atoms with Crippen molar-refractivity contribution >= 4 is 22.4 Å². The quantitative estimate of drug-likeness (QED) is 0.384. The molecule has 4 heteroatoms. The number of para-hydroxylation sites is 3. The van der Waals surface area contributed by atoms with Crippen molar-refractivity contribution in [3.63, 3.8) is 0 Å². The van der Waals surface area contributed by atoms with Crippen molar-refractivity contribution in [1.82, 2.24) is 9.55 Å². The fraction of sp³-hybridized carbons (Fsp3) is 0.227. The molecule has 0 saturated heterocycles. The minimum atomic E-state index is 0.747. The number of hydrogen-bond acceptors (Lipinski definition) is 3. The number of ether oxygens (including phenoxy) is 1. The number of fused-ring (bicyclic) bond motifs is 1. The number of thiophene rings is 1. The molecular formula is C22H22N2OS. The molecule has 0 fully saturated rings. The molecule has 0 saturated carbocycles. The Morgan fingerprint density at radius 2 is 1.73 bits per heavy atom. The van der Waals surface area contributed by atoms with Gasteiger partial charge in [-0.25, -0.2) is 4.98 Å². The van der Waals surface area contributed by atoms with Gasteiger partial charge in [0.15, 0.2) is 0 Å². The molecule has 2 heterocycles. The standard InChI is InChI=1S/C22H22N2OS/c1-2-9-18(10-3-1)25-15-7-6-14-24-21-13-5-4-12-20(21)23-22(24)17-19-11-8-16-26-19/h1-5,8-13,16H,6-7,14-15,17H2. The van der Waals surface area contributed by atoms with Crippen LogP contribution in [0.15, 0.2) is 72.1 Å². The van der Waals surface area contributed by atoms with Crippen LogP contribution >= 0.6 is 11.3 Å². The van der Waals surface area contributed by atoms with E-state index in [0.717, 1.165) is 49.5 Å². The number of aromatic nitrogens is 2. The van der Waals surface area contributed by atoms with Gasteiger partial charge in [0.2, 0.25) is 0 Å². The number of aryl methyl sites for hydroxylation is 1. The summed E-state index contributed by atoms with van der Waals surface area (Å²) in [5.41, 5.74) is 2.31. The fourth-order valence-corrected chi connectivity index (χ4v) is 3.86. The minimum Gasteiger partial charge on any atom is -0.494 e. The summed E-state index contributed by atoms with van der Waals surface area (Å²) in [7, 11) is 0. The average molecular weight is 362 g/mol. The van der Waals surface area contributed by atoms with E-state index in [0.29, 0.717) is 0 Å². The van der Waals surface area contributed by atoms with E-state index in [2.05, 4.69) is 46.3 Å². The molecule has 0 amide bonds. The Hall–Kier alpha value is -2.59. The molecule has 3 nitrogen and oxygen atoms in total. The fourth-order valence-electron chi connectivity index (χ4n) is 3.16. The third-order valence-corrected chi connectivity index (χ3v) is 5.31. The lowest BCUT2D eigenvalue weighted by atomic mass is 10.2. The lowest BCUT2D eigenvalue weighted by molar-refractivity contribution is 0.303. The van der Waals surface area contributed by atoms with Crippen LogP contribution < -0.4 is 4.74 Å². The van der Waals surface area contributed by atoms with E-state index in [4.69, 9.17) is 9.72 Å². The smallest absolute Gasteiger partial charge is 0.119 e. The molecule has 0 atom stereocenters. The van der Waals surface area contributed by atoms with Crippen molar-refractivity contribution in [3.8, 4) is 5.75 Å². The highest BCUT2D eigenvalue weighted by atomic mass is 32.1. The number of unbranched alkanes of at least 4 members (excludes halogenated alkanes) is 1. The molecule has 2 aromatic carbocycles. The van der Waals surface area contributed by atoms with Crippen LogP contribution in [-0.2, 0) is 13.0 Å². The molecule has 26 heavy (non-hydrogen) atoms. The van der Waals surface area contributed by atoms with Crippen molar-refractivity contribution in [3.05, 3.63) is 82.8 Å². The first kappa shape index (κ1) is 16.9. The predicted molar refractivity (Wildman–Crippen MR) is 108 cm³/mol. The summed E-state index contributed by atoms with van der Waals surface area (Å²) >= 11 is 1.79. The van der Waals surface area contributed by atoms with E-state index in [1.165, 1.54) is 10.4 Å². The predicted octanol–water partition coefficient (Wildman–Crippen LogP) is 5.55. The van der Waals surface area contributed by atoms with E-state index >= 15 is 0 Å². The van der Waals surface area contributed by atoms with Crippen molar-refractivity contribution in [2.75, 3.05) is 6.61 Å². The zero-order valence-corrected chi connectivity index (χ0v) is 15.5. The zero-order chi connectivity index (χ0) is 17.6.